The second kappa shape index (κ2) is 5.05. The Kier molecular flexibility index (Phi) is 4.98. The molecule has 0 aliphatic carbocycles. The zero-order chi connectivity index (χ0) is 11.4. The number of hydrogen-bond donors (Lipinski definition) is 1. The summed E-state index contributed by atoms with van der Waals surface area (Å²) < 4.78 is 5.64. The van der Waals surface area contributed by atoms with E-state index in [0.29, 0.717) is 12.8 Å². The van der Waals surface area contributed by atoms with Gasteiger partial charge in [0.25, 0.3) is 0 Å². The molecular weight excluding hydrogens is 196 g/mol. The highest BCUT2D eigenvalue weighted by Crippen LogP contribution is 2.37. The van der Waals surface area contributed by atoms with E-state index in [0.717, 1.165) is 6.29 Å². The molecule has 1 atom stereocenters. The molecule has 0 spiro atoms. The first-order valence-corrected chi connectivity index (χ1v) is 7.91. The molecule has 0 bridgehead atoms. The van der Waals surface area contributed by atoms with Gasteiger partial charge in [-0.3, -0.25) is 0 Å². The average Bonchev–Trinajstić information content (AvgIpc) is 1.97. The van der Waals surface area contributed by atoms with Crippen LogP contribution in [0.5, 0.6) is 0 Å². The SMILES string of the molecule is CC(C)(C)[Si](C)(C)OC(O)CCC=O. The van der Waals surface area contributed by atoms with Gasteiger partial charge in [-0.15, -0.1) is 0 Å². The summed E-state index contributed by atoms with van der Waals surface area (Å²) in [5, 5.41) is 9.63. The molecule has 0 saturated carbocycles. The zero-order valence-electron chi connectivity index (χ0n) is 9.83. The zero-order valence-corrected chi connectivity index (χ0v) is 10.8. The third-order valence-corrected chi connectivity index (χ3v) is 7.24. The second-order valence-electron chi connectivity index (χ2n) is 5.08. The molecule has 0 radical (unpaired) electrons. The fourth-order valence-electron chi connectivity index (χ4n) is 0.786. The van der Waals surface area contributed by atoms with Crippen molar-refractivity contribution in [3.8, 4) is 0 Å². The molecular formula is C10H22O3Si. The minimum atomic E-state index is -1.88. The van der Waals surface area contributed by atoms with Crippen molar-refractivity contribution in [2.75, 3.05) is 0 Å². The maximum absolute atomic E-state index is 10.1. The molecule has 3 nitrogen and oxygen atoms in total. The third kappa shape index (κ3) is 4.35. The summed E-state index contributed by atoms with van der Waals surface area (Å²) in [5.74, 6) is 0. The van der Waals surface area contributed by atoms with Gasteiger partial charge in [0.15, 0.2) is 8.32 Å². The Labute approximate surface area is 87.6 Å². The van der Waals surface area contributed by atoms with Gasteiger partial charge >= 0.3 is 0 Å². The minimum absolute atomic E-state index is 0.0924. The van der Waals surface area contributed by atoms with Crippen LogP contribution < -0.4 is 0 Å². The quantitative estimate of drug-likeness (QED) is 0.437. The first kappa shape index (κ1) is 13.8. The molecule has 84 valence electrons. The van der Waals surface area contributed by atoms with E-state index >= 15 is 0 Å². The molecule has 0 aromatic carbocycles. The molecule has 4 heteroatoms. The fourth-order valence-corrected chi connectivity index (χ4v) is 1.94. The van der Waals surface area contributed by atoms with Crippen LogP contribution in [0.25, 0.3) is 0 Å². The van der Waals surface area contributed by atoms with Crippen molar-refractivity contribution in [3.05, 3.63) is 0 Å². The van der Waals surface area contributed by atoms with E-state index in [4.69, 9.17) is 4.43 Å². The molecule has 0 aliphatic heterocycles. The van der Waals surface area contributed by atoms with Crippen LogP contribution in [-0.2, 0) is 9.22 Å². The van der Waals surface area contributed by atoms with Gasteiger partial charge in [0.05, 0.1) is 0 Å². The minimum Gasteiger partial charge on any atom is -0.392 e. The van der Waals surface area contributed by atoms with Crippen LogP contribution >= 0.6 is 0 Å². The van der Waals surface area contributed by atoms with E-state index in [1.807, 2.05) is 0 Å². The highest BCUT2D eigenvalue weighted by atomic mass is 28.4. The van der Waals surface area contributed by atoms with Crippen LogP contribution in [0.4, 0.5) is 0 Å². The molecule has 0 saturated heterocycles. The number of carbonyl (C=O) groups is 1. The van der Waals surface area contributed by atoms with Gasteiger partial charge < -0.3 is 14.3 Å². The highest BCUT2D eigenvalue weighted by molar-refractivity contribution is 6.74. The Morgan fingerprint density at radius 2 is 1.93 bits per heavy atom. The monoisotopic (exact) mass is 218 g/mol. The van der Waals surface area contributed by atoms with Crippen LogP contribution in [0.3, 0.4) is 0 Å². The number of rotatable bonds is 5. The van der Waals surface area contributed by atoms with Crippen LogP contribution in [0.2, 0.25) is 18.1 Å². The highest BCUT2D eigenvalue weighted by Gasteiger charge is 2.38. The van der Waals surface area contributed by atoms with Crippen LogP contribution in [0, 0.1) is 0 Å². The van der Waals surface area contributed by atoms with Gasteiger partial charge in [-0.05, 0) is 18.1 Å². The maximum Gasteiger partial charge on any atom is 0.195 e. The van der Waals surface area contributed by atoms with E-state index in [2.05, 4.69) is 33.9 Å². The third-order valence-electron chi connectivity index (χ3n) is 2.77. The largest absolute Gasteiger partial charge is 0.392 e. The van der Waals surface area contributed by atoms with Gasteiger partial charge in [-0.2, -0.15) is 0 Å². The van der Waals surface area contributed by atoms with Crippen molar-refractivity contribution < 1.29 is 14.3 Å². The van der Waals surface area contributed by atoms with Gasteiger partial charge in [0, 0.05) is 12.8 Å². The van der Waals surface area contributed by atoms with Crippen LogP contribution in [0.15, 0.2) is 0 Å². The van der Waals surface area contributed by atoms with Gasteiger partial charge in [-0.25, -0.2) is 0 Å². The standard InChI is InChI=1S/C10H22O3Si/c1-10(2,3)14(4,5)13-9(12)7-6-8-11/h8-9,12H,6-7H2,1-5H3. The number of hydrogen-bond acceptors (Lipinski definition) is 3. The summed E-state index contributed by atoms with van der Waals surface area (Å²) in [6.07, 6.45) is 0.769. The van der Waals surface area contributed by atoms with Crippen molar-refractivity contribution in [1.82, 2.24) is 0 Å². The lowest BCUT2D eigenvalue weighted by molar-refractivity contribution is -0.110. The van der Waals surface area contributed by atoms with E-state index in [1.165, 1.54) is 0 Å². The topological polar surface area (TPSA) is 46.5 Å². The van der Waals surface area contributed by atoms with Crippen molar-refractivity contribution in [1.29, 1.82) is 0 Å². The number of aliphatic hydroxyl groups excluding tert-OH is 1. The average molecular weight is 218 g/mol. The van der Waals surface area contributed by atoms with E-state index in [1.54, 1.807) is 0 Å². The summed E-state index contributed by atoms with van der Waals surface area (Å²) in [5.41, 5.74) is 0. The molecule has 0 heterocycles. The van der Waals surface area contributed by atoms with E-state index in [-0.39, 0.29) is 5.04 Å². The molecule has 14 heavy (non-hydrogen) atoms. The second-order valence-corrected chi connectivity index (χ2v) is 9.83. The number of aldehydes is 1. The van der Waals surface area contributed by atoms with Crippen molar-refractivity contribution in [2.45, 2.75) is 58.0 Å². The first-order valence-electron chi connectivity index (χ1n) is 5.00. The number of aliphatic hydroxyl groups is 1. The molecule has 0 fully saturated rings. The van der Waals surface area contributed by atoms with Gasteiger partial charge in [0.2, 0.25) is 0 Å². The first-order chi connectivity index (χ1) is 6.20. The Morgan fingerprint density at radius 3 is 2.29 bits per heavy atom. The molecule has 0 amide bonds. The maximum atomic E-state index is 10.1. The lowest BCUT2D eigenvalue weighted by Crippen LogP contribution is -2.43. The summed E-state index contributed by atoms with van der Waals surface area (Å²) in [6, 6.07) is 0. The van der Waals surface area contributed by atoms with Crippen molar-refractivity contribution in [3.63, 3.8) is 0 Å². The fraction of sp³-hybridized carbons (Fsp3) is 0.900. The molecule has 1 N–H and O–H groups in total. The van der Waals surface area contributed by atoms with Crippen molar-refractivity contribution >= 4 is 14.6 Å². The Hall–Kier alpha value is -0.193. The smallest absolute Gasteiger partial charge is 0.195 e. The van der Waals surface area contributed by atoms with E-state index in [9.17, 15) is 9.90 Å². The molecule has 0 aliphatic rings. The number of carbonyl (C=O) groups excluding carboxylic acids is 1. The predicted molar refractivity (Wildman–Crippen MR) is 59.6 cm³/mol. The molecule has 0 aromatic heterocycles. The van der Waals surface area contributed by atoms with Crippen molar-refractivity contribution in [2.24, 2.45) is 0 Å². The summed E-state index contributed by atoms with van der Waals surface area (Å²) in [6.45, 7) is 10.5. The molecule has 0 aromatic rings. The Balaban J connectivity index is 4.15. The predicted octanol–water partition coefficient (Wildman–Crippen LogP) is 2.31. The molecule has 1 unspecified atom stereocenters. The van der Waals surface area contributed by atoms with Gasteiger partial charge in [0.1, 0.15) is 12.6 Å². The summed E-state index contributed by atoms with van der Waals surface area (Å²) in [7, 11) is -1.88. The van der Waals surface area contributed by atoms with Crippen LogP contribution in [-0.4, -0.2) is 26.0 Å². The lowest BCUT2D eigenvalue weighted by atomic mass is 10.2. The Bertz CT molecular complexity index is 184. The van der Waals surface area contributed by atoms with Crippen LogP contribution in [0.1, 0.15) is 33.6 Å². The lowest BCUT2D eigenvalue weighted by Gasteiger charge is -2.37. The summed E-state index contributed by atoms with van der Waals surface area (Å²) >= 11 is 0. The Morgan fingerprint density at radius 1 is 1.43 bits per heavy atom. The summed E-state index contributed by atoms with van der Waals surface area (Å²) in [4.78, 5) is 10.1. The normalized spacial score (nSPS) is 15.3. The van der Waals surface area contributed by atoms with E-state index < -0.39 is 14.6 Å². The van der Waals surface area contributed by atoms with Gasteiger partial charge in [-0.1, -0.05) is 20.8 Å². The molecule has 0 rings (SSSR count).